The van der Waals surface area contributed by atoms with Gasteiger partial charge < -0.3 is 10.2 Å². The van der Waals surface area contributed by atoms with Gasteiger partial charge in [-0.05, 0) is 6.92 Å². The molecular formula is C10H14N4O2. The molecule has 0 spiro atoms. The number of carbonyl (C=O) groups excluding carboxylic acids is 2. The molecule has 1 saturated heterocycles. The molecule has 0 bridgehead atoms. The highest BCUT2D eigenvalue weighted by Gasteiger charge is 2.21. The highest BCUT2D eigenvalue weighted by atomic mass is 16.2. The van der Waals surface area contributed by atoms with Gasteiger partial charge in [-0.2, -0.15) is 5.10 Å². The number of hydrogen-bond acceptors (Lipinski definition) is 3. The molecule has 1 aromatic rings. The Hall–Kier alpha value is -1.85. The van der Waals surface area contributed by atoms with E-state index in [-0.39, 0.29) is 11.8 Å². The monoisotopic (exact) mass is 222 g/mol. The van der Waals surface area contributed by atoms with Crippen LogP contribution in [0.1, 0.15) is 22.5 Å². The number of aromatic amines is 1. The zero-order valence-corrected chi connectivity index (χ0v) is 9.12. The summed E-state index contributed by atoms with van der Waals surface area (Å²) < 4.78 is 0. The van der Waals surface area contributed by atoms with Crippen LogP contribution in [0.4, 0.5) is 0 Å². The third-order valence-corrected chi connectivity index (χ3v) is 2.66. The molecule has 6 heteroatoms. The molecule has 16 heavy (non-hydrogen) atoms. The summed E-state index contributed by atoms with van der Waals surface area (Å²) in [6.07, 6.45) is 1.89. The average molecular weight is 222 g/mol. The van der Waals surface area contributed by atoms with Crippen molar-refractivity contribution < 1.29 is 9.59 Å². The number of rotatable bonds is 1. The first-order valence-corrected chi connectivity index (χ1v) is 5.24. The maximum Gasteiger partial charge on any atom is 0.257 e. The first kappa shape index (κ1) is 10.7. The molecule has 2 rings (SSSR count). The molecule has 86 valence electrons. The average Bonchev–Trinajstić information content (AvgIpc) is 2.56. The van der Waals surface area contributed by atoms with Gasteiger partial charge in [-0.1, -0.05) is 0 Å². The number of nitrogens with zero attached hydrogens (tertiary/aromatic N) is 2. The Kier molecular flexibility index (Phi) is 2.89. The van der Waals surface area contributed by atoms with Gasteiger partial charge in [-0.15, -0.1) is 0 Å². The summed E-state index contributed by atoms with van der Waals surface area (Å²) in [5, 5.41) is 9.29. The van der Waals surface area contributed by atoms with Crippen LogP contribution in [-0.2, 0) is 4.79 Å². The van der Waals surface area contributed by atoms with Crippen molar-refractivity contribution in [2.45, 2.75) is 13.3 Å². The topological polar surface area (TPSA) is 78.1 Å². The Morgan fingerprint density at radius 2 is 2.31 bits per heavy atom. The first-order chi connectivity index (χ1) is 7.68. The van der Waals surface area contributed by atoms with Gasteiger partial charge in [0.25, 0.3) is 5.91 Å². The molecule has 2 amide bonds. The van der Waals surface area contributed by atoms with E-state index in [1.807, 2.05) is 6.92 Å². The predicted molar refractivity (Wildman–Crippen MR) is 56.9 cm³/mol. The third kappa shape index (κ3) is 2.05. The highest BCUT2D eigenvalue weighted by molar-refractivity contribution is 5.95. The van der Waals surface area contributed by atoms with Gasteiger partial charge in [0.15, 0.2) is 0 Å². The number of nitrogens with one attached hydrogen (secondary N) is 2. The van der Waals surface area contributed by atoms with E-state index < -0.39 is 0 Å². The van der Waals surface area contributed by atoms with Crippen LogP contribution in [0.2, 0.25) is 0 Å². The van der Waals surface area contributed by atoms with E-state index in [0.717, 1.165) is 5.69 Å². The van der Waals surface area contributed by atoms with Gasteiger partial charge >= 0.3 is 0 Å². The van der Waals surface area contributed by atoms with Crippen molar-refractivity contribution in [1.29, 1.82) is 0 Å². The first-order valence-electron chi connectivity index (χ1n) is 5.24. The lowest BCUT2D eigenvalue weighted by atomic mass is 10.2. The van der Waals surface area contributed by atoms with Crippen LogP contribution in [0.3, 0.4) is 0 Å². The maximum absolute atomic E-state index is 12.1. The van der Waals surface area contributed by atoms with E-state index in [1.165, 1.54) is 6.20 Å². The smallest absolute Gasteiger partial charge is 0.257 e. The van der Waals surface area contributed by atoms with Crippen molar-refractivity contribution in [2.75, 3.05) is 19.6 Å². The number of hydrogen-bond donors (Lipinski definition) is 2. The van der Waals surface area contributed by atoms with E-state index in [4.69, 9.17) is 0 Å². The lowest BCUT2D eigenvalue weighted by Crippen LogP contribution is -2.34. The SMILES string of the molecule is Cc1[nH]ncc1C(=O)N1CCNC(=O)CC1. The fourth-order valence-corrected chi connectivity index (χ4v) is 1.71. The molecule has 2 heterocycles. The summed E-state index contributed by atoms with van der Waals surface area (Å²) in [6, 6.07) is 0. The van der Waals surface area contributed by atoms with Crippen LogP contribution in [0.5, 0.6) is 0 Å². The number of amides is 2. The summed E-state index contributed by atoms with van der Waals surface area (Å²) >= 11 is 0. The molecule has 1 aliphatic rings. The van der Waals surface area contributed by atoms with E-state index in [9.17, 15) is 9.59 Å². The normalized spacial score (nSPS) is 16.8. The third-order valence-electron chi connectivity index (χ3n) is 2.66. The Bertz CT molecular complexity index is 413. The molecule has 0 atom stereocenters. The van der Waals surface area contributed by atoms with Crippen LogP contribution in [-0.4, -0.2) is 46.5 Å². The number of aryl methyl sites for hydroxylation is 1. The fraction of sp³-hybridized carbons (Fsp3) is 0.500. The second-order valence-electron chi connectivity index (χ2n) is 3.80. The lowest BCUT2D eigenvalue weighted by molar-refractivity contribution is -0.120. The predicted octanol–water partition coefficient (Wildman–Crippen LogP) is -0.320. The van der Waals surface area contributed by atoms with Crippen molar-refractivity contribution in [3.8, 4) is 0 Å². The summed E-state index contributed by atoms with van der Waals surface area (Å²) in [6.45, 7) is 3.34. The van der Waals surface area contributed by atoms with Crippen molar-refractivity contribution in [1.82, 2.24) is 20.4 Å². The van der Waals surface area contributed by atoms with Gasteiger partial charge in [0.05, 0.1) is 11.8 Å². The molecule has 0 aliphatic carbocycles. The molecule has 0 unspecified atom stereocenters. The van der Waals surface area contributed by atoms with Gasteiger partial charge in [0, 0.05) is 31.7 Å². The van der Waals surface area contributed by atoms with Gasteiger partial charge in [-0.25, -0.2) is 0 Å². The lowest BCUT2D eigenvalue weighted by Gasteiger charge is -2.18. The second kappa shape index (κ2) is 4.34. The minimum absolute atomic E-state index is 0.000726. The van der Waals surface area contributed by atoms with Crippen molar-refractivity contribution in [3.63, 3.8) is 0 Å². The Balaban J connectivity index is 2.10. The standard InChI is InChI=1S/C10H14N4O2/c1-7-8(6-12-13-7)10(16)14-4-2-9(15)11-3-5-14/h6H,2-5H2,1H3,(H,11,15)(H,12,13). The highest BCUT2D eigenvalue weighted by Crippen LogP contribution is 2.08. The van der Waals surface area contributed by atoms with Crippen LogP contribution >= 0.6 is 0 Å². The molecule has 0 saturated carbocycles. The van der Waals surface area contributed by atoms with E-state index in [1.54, 1.807) is 4.90 Å². The Morgan fingerprint density at radius 1 is 1.50 bits per heavy atom. The minimum Gasteiger partial charge on any atom is -0.354 e. The molecular weight excluding hydrogens is 208 g/mol. The summed E-state index contributed by atoms with van der Waals surface area (Å²) in [4.78, 5) is 24.9. The van der Waals surface area contributed by atoms with Gasteiger partial charge in [-0.3, -0.25) is 14.7 Å². The maximum atomic E-state index is 12.1. The Morgan fingerprint density at radius 3 is 3.00 bits per heavy atom. The Labute approximate surface area is 93.0 Å². The number of H-pyrrole nitrogens is 1. The van der Waals surface area contributed by atoms with Crippen LogP contribution in [0.25, 0.3) is 0 Å². The zero-order valence-electron chi connectivity index (χ0n) is 9.12. The molecule has 1 fully saturated rings. The van der Waals surface area contributed by atoms with Crippen molar-refractivity contribution in [2.24, 2.45) is 0 Å². The fourth-order valence-electron chi connectivity index (χ4n) is 1.71. The molecule has 0 radical (unpaired) electrons. The second-order valence-corrected chi connectivity index (χ2v) is 3.80. The van der Waals surface area contributed by atoms with E-state index in [0.29, 0.717) is 31.6 Å². The van der Waals surface area contributed by atoms with E-state index >= 15 is 0 Å². The van der Waals surface area contributed by atoms with E-state index in [2.05, 4.69) is 15.5 Å². The van der Waals surface area contributed by atoms with Gasteiger partial charge in [0.1, 0.15) is 0 Å². The van der Waals surface area contributed by atoms with Crippen molar-refractivity contribution >= 4 is 11.8 Å². The summed E-state index contributed by atoms with van der Waals surface area (Å²) in [5.41, 5.74) is 1.34. The molecule has 1 aliphatic heterocycles. The van der Waals surface area contributed by atoms with Gasteiger partial charge in [0.2, 0.25) is 5.91 Å². The summed E-state index contributed by atoms with van der Waals surface area (Å²) in [7, 11) is 0. The van der Waals surface area contributed by atoms with Crippen molar-refractivity contribution in [3.05, 3.63) is 17.5 Å². The number of aromatic nitrogens is 2. The summed E-state index contributed by atoms with van der Waals surface area (Å²) in [5.74, 6) is -0.0676. The zero-order chi connectivity index (χ0) is 11.5. The largest absolute Gasteiger partial charge is 0.354 e. The van der Waals surface area contributed by atoms with Crippen LogP contribution < -0.4 is 5.32 Å². The molecule has 1 aromatic heterocycles. The molecule has 2 N–H and O–H groups in total. The van der Waals surface area contributed by atoms with Crippen LogP contribution in [0, 0.1) is 6.92 Å². The minimum atomic E-state index is -0.0669. The number of carbonyl (C=O) groups is 2. The molecule has 6 nitrogen and oxygen atoms in total. The van der Waals surface area contributed by atoms with Crippen LogP contribution in [0.15, 0.2) is 6.20 Å². The molecule has 0 aromatic carbocycles. The quantitative estimate of drug-likeness (QED) is 0.683.